The fraction of sp³-hybridized carbons (Fsp3) is 0.273. The van der Waals surface area contributed by atoms with E-state index in [2.05, 4.69) is 10.9 Å². The van der Waals surface area contributed by atoms with Gasteiger partial charge in [-0.3, -0.25) is 20.4 Å². The van der Waals surface area contributed by atoms with E-state index in [1.165, 1.54) is 0 Å². The number of carbonyl (C=O) groups is 2. The van der Waals surface area contributed by atoms with Crippen LogP contribution in [0.2, 0.25) is 0 Å². The number of rotatable bonds is 5. The zero-order valence-electron chi connectivity index (χ0n) is 9.93. The number of nitrogens with one attached hydrogen (secondary N) is 2. The Morgan fingerprint density at radius 3 is 2.22 bits per heavy atom. The summed E-state index contributed by atoms with van der Waals surface area (Å²) in [5.74, 6) is 0.263. The quantitative estimate of drug-likeness (QED) is 0.595. The highest BCUT2D eigenvalue weighted by atomic mass is 16.5. The van der Waals surface area contributed by atoms with Crippen molar-refractivity contribution in [3.8, 4) is 11.5 Å². The van der Waals surface area contributed by atoms with Crippen LogP contribution >= 0.6 is 0 Å². The maximum atomic E-state index is 11.2. The summed E-state index contributed by atoms with van der Waals surface area (Å²) in [4.78, 5) is 22.0. The predicted molar refractivity (Wildman–Crippen MR) is 63.8 cm³/mol. The van der Waals surface area contributed by atoms with Gasteiger partial charge in [0.15, 0.2) is 6.61 Å². The third-order valence-corrected chi connectivity index (χ3v) is 1.96. The molecule has 1 aromatic rings. The Morgan fingerprint density at radius 1 is 1.11 bits per heavy atom. The van der Waals surface area contributed by atoms with Gasteiger partial charge in [0.05, 0.1) is 13.7 Å². The number of hydrogen-bond donors (Lipinski definition) is 3. The normalized spacial score (nSPS) is 9.44. The first-order valence-electron chi connectivity index (χ1n) is 5.20. The van der Waals surface area contributed by atoms with E-state index in [4.69, 9.17) is 15.2 Å². The van der Waals surface area contributed by atoms with E-state index in [9.17, 15) is 9.59 Å². The smallest absolute Gasteiger partial charge is 0.276 e. The molecule has 0 heterocycles. The molecule has 98 valence electrons. The van der Waals surface area contributed by atoms with E-state index in [-0.39, 0.29) is 13.2 Å². The molecule has 7 nitrogen and oxygen atoms in total. The highest BCUT2D eigenvalue weighted by Crippen LogP contribution is 2.16. The molecular formula is C11H15N3O4. The van der Waals surface area contributed by atoms with Gasteiger partial charge < -0.3 is 15.2 Å². The Bertz CT molecular complexity index is 405. The van der Waals surface area contributed by atoms with E-state index in [0.29, 0.717) is 11.5 Å². The SMILES string of the molecule is COc1ccc(OCC(=O)NNC(=O)CN)cc1. The lowest BCUT2D eigenvalue weighted by Crippen LogP contribution is -2.46. The van der Waals surface area contributed by atoms with Crippen LogP contribution < -0.4 is 26.1 Å². The van der Waals surface area contributed by atoms with Crippen LogP contribution in [0.4, 0.5) is 0 Å². The lowest BCUT2D eigenvalue weighted by Gasteiger charge is -2.08. The van der Waals surface area contributed by atoms with Gasteiger partial charge in [0.2, 0.25) is 0 Å². The van der Waals surface area contributed by atoms with Crippen molar-refractivity contribution < 1.29 is 19.1 Å². The van der Waals surface area contributed by atoms with Crippen molar-refractivity contribution in [1.82, 2.24) is 10.9 Å². The molecule has 0 atom stereocenters. The van der Waals surface area contributed by atoms with Crippen LogP contribution in [-0.2, 0) is 9.59 Å². The molecule has 0 saturated carbocycles. The Balaban J connectivity index is 2.31. The Hall–Kier alpha value is -2.28. The van der Waals surface area contributed by atoms with Gasteiger partial charge in [0, 0.05) is 0 Å². The number of nitrogens with two attached hydrogens (primary N) is 1. The second-order valence-corrected chi connectivity index (χ2v) is 3.26. The average Bonchev–Trinajstić information content (AvgIpc) is 2.42. The molecule has 18 heavy (non-hydrogen) atoms. The summed E-state index contributed by atoms with van der Waals surface area (Å²) in [5.41, 5.74) is 9.33. The summed E-state index contributed by atoms with van der Waals surface area (Å²) in [6, 6.07) is 6.77. The molecule has 0 unspecified atom stereocenters. The van der Waals surface area contributed by atoms with Gasteiger partial charge in [0.25, 0.3) is 11.8 Å². The lowest BCUT2D eigenvalue weighted by atomic mass is 10.3. The van der Waals surface area contributed by atoms with Gasteiger partial charge >= 0.3 is 0 Å². The second-order valence-electron chi connectivity index (χ2n) is 3.26. The fourth-order valence-electron chi connectivity index (χ4n) is 1.05. The van der Waals surface area contributed by atoms with E-state index in [1.807, 2.05) is 0 Å². The minimum absolute atomic E-state index is 0.195. The molecule has 1 aromatic carbocycles. The fourth-order valence-corrected chi connectivity index (χ4v) is 1.05. The first-order chi connectivity index (χ1) is 8.65. The third kappa shape index (κ3) is 4.71. The van der Waals surface area contributed by atoms with E-state index in [0.717, 1.165) is 0 Å². The Morgan fingerprint density at radius 2 is 1.67 bits per heavy atom. The molecule has 0 aliphatic carbocycles. The first-order valence-corrected chi connectivity index (χ1v) is 5.20. The summed E-state index contributed by atoms with van der Waals surface area (Å²) in [6.45, 7) is -0.406. The zero-order valence-corrected chi connectivity index (χ0v) is 9.93. The van der Waals surface area contributed by atoms with Crippen LogP contribution in [0, 0.1) is 0 Å². The molecule has 0 aromatic heterocycles. The minimum atomic E-state index is -0.479. The molecule has 0 spiro atoms. The van der Waals surface area contributed by atoms with Crippen molar-refractivity contribution in [3.63, 3.8) is 0 Å². The Kier molecular flexibility index (Phi) is 5.46. The minimum Gasteiger partial charge on any atom is -0.497 e. The van der Waals surface area contributed by atoms with Crippen LogP contribution in [0.25, 0.3) is 0 Å². The number of hydrazine groups is 1. The summed E-state index contributed by atoms with van der Waals surface area (Å²) >= 11 is 0. The van der Waals surface area contributed by atoms with Gasteiger partial charge in [0.1, 0.15) is 11.5 Å². The zero-order chi connectivity index (χ0) is 13.4. The van der Waals surface area contributed by atoms with Crippen molar-refractivity contribution in [2.24, 2.45) is 5.73 Å². The lowest BCUT2D eigenvalue weighted by molar-refractivity contribution is -0.129. The number of ether oxygens (including phenoxy) is 2. The van der Waals surface area contributed by atoms with E-state index in [1.54, 1.807) is 31.4 Å². The molecule has 1 rings (SSSR count). The molecule has 0 aliphatic rings. The number of amides is 2. The second kappa shape index (κ2) is 7.13. The van der Waals surface area contributed by atoms with E-state index < -0.39 is 11.8 Å². The highest BCUT2D eigenvalue weighted by molar-refractivity contribution is 5.83. The summed E-state index contributed by atoms with van der Waals surface area (Å²) in [6.07, 6.45) is 0. The van der Waals surface area contributed by atoms with Crippen molar-refractivity contribution in [3.05, 3.63) is 24.3 Å². The van der Waals surface area contributed by atoms with Crippen LogP contribution in [0.15, 0.2) is 24.3 Å². The van der Waals surface area contributed by atoms with Crippen molar-refractivity contribution in [1.29, 1.82) is 0 Å². The van der Waals surface area contributed by atoms with Crippen molar-refractivity contribution >= 4 is 11.8 Å². The molecule has 0 bridgehead atoms. The van der Waals surface area contributed by atoms with Crippen LogP contribution in [0.5, 0.6) is 11.5 Å². The average molecular weight is 253 g/mol. The van der Waals surface area contributed by atoms with Gasteiger partial charge in [-0.05, 0) is 24.3 Å². The van der Waals surface area contributed by atoms with E-state index >= 15 is 0 Å². The maximum absolute atomic E-state index is 11.2. The monoisotopic (exact) mass is 253 g/mol. The van der Waals surface area contributed by atoms with Crippen molar-refractivity contribution in [2.45, 2.75) is 0 Å². The van der Waals surface area contributed by atoms with Gasteiger partial charge in [-0.25, -0.2) is 0 Å². The Labute approximate surface area is 104 Å². The molecular weight excluding hydrogens is 238 g/mol. The molecule has 0 radical (unpaired) electrons. The number of hydrogen-bond acceptors (Lipinski definition) is 5. The van der Waals surface area contributed by atoms with Crippen LogP contribution in [0.1, 0.15) is 0 Å². The summed E-state index contributed by atoms with van der Waals surface area (Å²) in [7, 11) is 1.56. The summed E-state index contributed by atoms with van der Waals surface area (Å²) in [5, 5.41) is 0. The highest BCUT2D eigenvalue weighted by Gasteiger charge is 2.04. The molecule has 0 saturated heterocycles. The number of methoxy groups -OCH3 is 1. The van der Waals surface area contributed by atoms with Crippen LogP contribution in [-0.4, -0.2) is 32.1 Å². The predicted octanol–water partition coefficient (Wildman–Crippen LogP) is -0.820. The topological polar surface area (TPSA) is 103 Å². The maximum Gasteiger partial charge on any atom is 0.276 e. The standard InChI is InChI=1S/C11H15N3O4/c1-17-8-2-4-9(5-3-8)18-7-11(16)14-13-10(15)6-12/h2-5H,6-7,12H2,1H3,(H,13,15)(H,14,16). The van der Waals surface area contributed by atoms with Gasteiger partial charge in [-0.15, -0.1) is 0 Å². The van der Waals surface area contributed by atoms with Gasteiger partial charge in [-0.2, -0.15) is 0 Å². The van der Waals surface area contributed by atoms with Crippen molar-refractivity contribution in [2.75, 3.05) is 20.3 Å². The molecule has 0 fully saturated rings. The van der Waals surface area contributed by atoms with Gasteiger partial charge in [-0.1, -0.05) is 0 Å². The largest absolute Gasteiger partial charge is 0.497 e. The molecule has 4 N–H and O–H groups in total. The molecule has 7 heteroatoms. The number of benzene rings is 1. The third-order valence-electron chi connectivity index (χ3n) is 1.96. The summed E-state index contributed by atoms with van der Waals surface area (Å²) < 4.78 is 10.2. The first kappa shape index (κ1) is 13.8. The molecule has 2 amide bonds. The molecule has 0 aliphatic heterocycles. The van der Waals surface area contributed by atoms with Crippen LogP contribution in [0.3, 0.4) is 0 Å². The number of carbonyl (C=O) groups excluding carboxylic acids is 2.